The molecule has 4 rings (SSSR count). The normalized spacial score (nSPS) is 11.1. The molecule has 0 saturated heterocycles. The molecule has 4 aromatic rings. The molecule has 0 unspecified atom stereocenters. The van der Waals surface area contributed by atoms with Crippen molar-refractivity contribution >= 4 is 22.7 Å². The molecule has 0 spiro atoms. The number of hydrogen-bond donors (Lipinski definition) is 1. The zero-order valence-corrected chi connectivity index (χ0v) is 18.1. The molecule has 0 amide bonds. The predicted molar refractivity (Wildman–Crippen MR) is 122 cm³/mol. The van der Waals surface area contributed by atoms with Crippen LogP contribution in [0.5, 0.6) is 5.75 Å². The van der Waals surface area contributed by atoms with Crippen molar-refractivity contribution in [2.24, 2.45) is 14.1 Å². The zero-order chi connectivity index (χ0) is 22.1. The number of benzene rings is 2. The van der Waals surface area contributed by atoms with Crippen molar-refractivity contribution in [3.63, 3.8) is 0 Å². The largest absolute Gasteiger partial charge is 0.494 e. The van der Waals surface area contributed by atoms with Crippen LogP contribution in [0.4, 0.5) is 11.6 Å². The van der Waals surface area contributed by atoms with Gasteiger partial charge in [-0.15, -0.1) is 0 Å². The fourth-order valence-corrected chi connectivity index (χ4v) is 3.58. The molecule has 1 N–H and O–H groups in total. The number of hydrogen-bond acceptors (Lipinski definition) is 5. The average Bonchev–Trinajstić information content (AvgIpc) is 3.16. The molecule has 2 aromatic carbocycles. The van der Waals surface area contributed by atoms with Crippen molar-refractivity contribution in [1.82, 2.24) is 9.13 Å². The first-order chi connectivity index (χ1) is 14.9. The van der Waals surface area contributed by atoms with Crippen molar-refractivity contribution in [3.8, 4) is 16.9 Å². The highest BCUT2D eigenvalue weighted by Gasteiger charge is 2.24. The van der Waals surface area contributed by atoms with Gasteiger partial charge in [-0.2, -0.15) is 0 Å². The SMILES string of the molecule is CCCOc1cccc(-c2c(Nc3ccccc3C)oc3c2c(=O)n(C)c(=O)n3C)c1. The molecule has 7 heteroatoms. The first kappa shape index (κ1) is 20.5. The van der Waals surface area contributed by atoms with Crippen LogP contribution >= 0.6 is 0 Å². The fourth-order valence-electron chi connectivity index (χ4n) is 3.58. The maximum absolute atomic E-state index is 13.1. The maximum Gasteiger partial charge on any atom is 0.333 e. The third-order valence-corrected chi connectivity index (χ3v) is 5.28. The quantitative estimate of drug-likeness (QED) is 0.503. The third-order valence-electron chi connectivity index (χ3n) is 5.28. The van der Waals surface area contributed by atoms with Gasteiger partial charge >= 0.3 is 5.69 Å². The number of rotatable bonds is 6. The van der Waals surface area contributed by atoms with E-state index in [1.54, 1.807) is 7.05 Å². The summed E-state index contributed by atoms with van der Waals surface area (Å²) in [5, 5.41) is 3.65. The molecule has 0 aliphatic rings. The van der Waals surface area contributed by atoms with Gasteiger partial charge in [-0.05, 0) is 42.7 Å². The molecule has 31 heavy (non-hydrogen) atoms. The molecule has 0 fully saturated rings. The molecule has 7 nitrogen and oxygen atoms in total. The monoisotopic (exact) mass is 419 g/mol. The number of para-hydroxylation sites is 1. The minimum absolute atomic E-state index is 0.221. The topological polar surface area (TPSA) is 78.4 Å². The Balaban J connectivity index is 2.01. The number of aryl methyl sites for hydroxylation is 2. The molecule has 0 aliphatic heterocycles. The Morgan fingerprint density at radius 3 is 2.55 bits per heavy atom. The van der Waals surface area contributed by atoms with Crippen LogP contribution in [-0.2, 0) is 14.1 Å². The Hall–Kier alpha value is -3.74. The van der Waals surface area contributed by atoms with E-state index in [1.165, 1.54) is 11.6 Å². The van der Waals surface area contributed by atoms with Crippen LogP contribution < -0.4 is 21.3 Å². The van der Waals surface area contributed by atoms with Crippen molar-refractivity contribution in [3.05, 3.63) is 74.9 Å². The van der Waals surface area contributed by atoms with E-state index in [1.807, 2.05) is 62.4 Å². The van der Waals surface area contributed by atoms with E-state index in [9.17, 15) is 9.59 Å². The first-order valence-electron chi connectivity index (χ1n) is 10.2. The van der Waals surface area contributed by atoms with E-state index in [4.69, 9.17) is 9.15 Å². The van der Waals surface area contributed by atoms with E-state index in [-0.39, 0.29) is 5.71 Å². The lowest BCUT2D eigenvalue weighted by Crippen LogP contribution is -2.36. The van der Waals surface area contributed by atoms with Gasteiger partial charge < -0.3 is 14.5 Å². The summed E-state index contributed by atoms with van der Waals surface area (Å²) in [5.41, 5.74) is 2.60. The summed E-state index contributed by atoms with van der Waals surface area (Å²) in [6, 6.07) is 15.3. The predicted octanol–water partition coefficient (Wildman–Crippen LogP) is 4.34. The summed E-state index contributed by atoms with van der Waals surface area (Å²) in [6.45, 7) is 4.63. The minimum atomic E-state index is -0.444. The average molecular weight is 419 g/mol. The number of fused-ring (bicyclic) bond motifs is 1. The van der Waals surface area contributed by atoms with Crippen LogP contribution in [0.25, 0.3) is 22.2 Å². The number of anilines is 2. The summed E-state index contributed by atoms with van der Waals surface area (Å²) >= 11 is 0. The van der Waals surface area contributed by atoms with E-state index >= 15 is 0 Å². The van der Waals surface area contributed by atoms with Crippen molar-refractivity contribution < 1.29 is 9.15 Å². The van der Waals surface area contributed by atoms with Gasteiger partial charge in [-0.3, -0.25) is 13.9 Å². The highest BCUT2D eigenvalue weighted by atomic mass is 16.5. The Morgan fingerprint density at radius 2 is 1.81 bits per heavy atom. The summed E-state index contributed by atoms with van der Waals surface area (Å²) in [7, 11) is 3.06. The lowest BCUT2D eigenvalue weighted by atomic mass is 10.0. The molecule has 0 bridgehead atoms. The molecular weight excluding hydrogens is 394 g/mol. The third kappa shape index (κ3) is 3.63. The summed E-state index contributed by atoms with van der Waals surface area (Å²) in [5.74, 6) is 1.10. The second-order valence-electron chi connectivity index (χ2n) is 7.51. The van der Waals surface area contributed by atoms with E-state index in [0.717, 1.165) is 27.8 Å². The van der Waals surface area contributed by atoms with Crippen LogP contribution in [0.1, 0.15) is 18.9 Å². The number of nitrogens with zero attached hydrogens (tertiary/aromatic N) is 2. The lowest BCUT2D eigenvalue weighted by Gasteiger charge is -2.10. The van der Waals surface area contributed by atoms with Gasteiger partial charge in [0.25, 0.3) is 5.56 Å². The Morgan fingerprint density at radius 1 is 1.03 bits per heavy atom. The molecule has 2 aromatic heterocycles. The molecule has 160 valence electrons. The second kappa shape index (κ2) is 8.18. The second-order valence-corrected chi connectivity index (χ2v) is 7.51. The van der Waals surface area contributed by atoms with E-state index < -0.39 is 11.2 Å². The van der Waals surface area contributed by atoms with Crippen LogP contribution in [0.2, 0.25) is 0 Å². The van der Waals surface area contributed by atoms with Crippen LogP contribution in [0.15, 0.2) is 62.5 Å². The molecule has 2 heterocycles. The van der Waals surface area contributed by atoms with E-state index in [0.29, 0.717) is 29.2 Å². The molecule has 0 atom stereocenters. The minimum Gasteiger partial charge on any atom is -0.494 e. The van der Waals surface area contributed by atoms with Gasteiger partial charge in [0, 0.05) is 19.8 Å². The van der Waals surface area contributed by atoms with Crippen LogP contribution in [0, 0.1) is 6.92 Å². The Bertz CT molecular complexity index is 1380. The van der Waals surface area contributed by atoms with Gasteiger partial charge in [-0.25, -0.2) is 4.79 Å². The van der Waals surface area contributed by atoms with Crippen molar-refractivity contribution in [2.75, 3.05) is 11.9 Å². The number of aromatic nitrogens is 2. The first-order valence-corrected chi connectivity index (χ1v) is 10.2. The standard InChI is InChI=1S/C24H25N3O4/c1-5-13-30-17-11-8-10-16(14-17)19-20-22(28)26(3)24(29)27(4)23(20)31-21(19)25-18-12-7-6-9-15(18)2/h6-12,14,25H,5,13H2,1-4H3. The van der Waals surface area contributed by atoms with Gasteiger partial charge in [0.05, 0.1) is 12.2 Å². The van der Waals surface area contributed by atoms with Gasteiger partial charge in [0.2, 0.25) is 11.6 Å². The number of nitrogens with one attached hydrogen (secondary N) is 1. The Labute approximate surface area is 179 Å². The summed E-state index contributed by atoms with van der Waals surface area (Å²) in [4.78, 5) is 25.6. The molecule has 0 aliphatic carbocycles. The fraction of sp³-hybridized carbons (Fsp3) is 0.250. The summed E-state index contributed by atoms with van der Waals surface area (Å²) < 4.78 is 14.3. The maximum atomic E-state index is 13.1. The number of furan rings is 1. The van der Waals surface area contributed by atoms with Crippen molar-refractivity contribution in [1.29, 1.82) is 0 Å². The number of ether oxygens (including phenoxy) is 1. The van der Waals surface area contributed by atoms with Gasteiger partial charge in [-0.1, -0.05) is 37.3 Å². The highest BCUT2D eigenvalue weighted by molar-refractivity contribution is 5.99. The zero-order valence-electron chi connectivity index (χ0n) is 18.1. The smallest absolute Gasteiger partial charge is 0.333 e. The Kier molecular flexibility index (Phi) is 5.42. The highest BCUT2D eigenvalue weighted by Crippen LogP contribution is 2.39. The van der Waals surface area contributed by atoms with Gasteiger partial charge in [0.15, 0.2) is 0 Å². The van der Waals surface area contributed by atoms with Gasteiger partial charge in [0.1, 0.15) is 11.1 Å². The molecule has 0 saturated carbocycles. The molecular formula is C24H25N3O4. The van der Waals surface area contributed by atoms with Crippen LogP contribution in [-0.4, -0.2) is 15.7 Å². The van der Waals surface area contributed by atoms with Crippen molar-refractivity contribution in [2.45, 2.75) is 20.3 Å². The lowest BCUT2D eigenvalue weighted by molar-refractivity contribution is 0.317. The summed E-state index contributed by atoms with van der Waals surface area (Å²) in [6.07, 6.45) is 0.890. The van der Waals surface area contributed by atoms with Crippen LogP contribution in [0.3, 0.4) is 0 Å². The molecule has 0 radical (unpaired) electrons. The van der Waals surface area contributed by atoms with E-state index in [2.05, 4.69) is 5.32 Å².